The maximum atomic E-state index is 12.1. The quantitative estimate of drug-likeness (QED) is 0.795. The van der Waals surface area contributed by atoms with Gasteiger partial charge in [-0.1, -0.05) is 13.0 Å². The largest absolute Gasteiger partial charge is 0.494 e. The van der Waals surface area contributed by atoms with Crippen molar-refractivity contribution in [3.05, 3.63) is 29.3 Å². The van der Waals surface area contributed by atoms with Gasteiger partial charge in [0.25, 0.3) is 0 Å². The zero-order valence-corrected chi connectivity index (χ0v) is 13.6. The molecule has 6 heteroatoms. The Morgan fingerprint density at radius 1 is 1.35 bits per heavy atom. The zero-order chi connectivity index (χ0) is 16.8. The van der Waals surface area contributed by atoms with Gasteiger partial charge in [-0.25, -0.2) is 0 Å². The summed E-state index contributed by atoms with van der Waals surface area (Å²) < 4.78 is 10.9. The van der Waals surface area contributed by atoms with E-state index in [1.54, 1.807) is 0 Å². The van der Waals surface area contributed by atoms with Crippen LogP contribution < -0.4 is 15.8 Å². The minimum atomic E-state index is -0.650. The molecule has 2 rings (SSSR count). The van der Waals surface area contributed by atoms with Gasteiger partial charge >= 0.3 is 0 Å². The third kappa shape index (κ3) is 4.69. The number of amides is 2. The van der Waals surface area contributed by atoms with E-state index in [4.69, 9.17) is 15.2 Å². The van der Waals surface area contributed by atoms with E-state index in [1.807, 2.05) is 25.1 Å². The van der Waals surface area contributed by atoms with E-state index in [-0.39, 0.29) is 5.91 Å². The first-order chi connectivity index (χ1) is 11.0. The highest BCUT2D eigenvalue weighted by atomic mass is 16.5. The highest BCUT2D eigenvalue weighted by Gasteiger charge is 2.33. The van der Waals surface area contributed by atoms with Gasteiger partial charge in [-0.3, -0.25) is 9.59 Å². The molecule has 1 aromatic carbocycles. The van der Waals surface area contributed by atoms with E-state index in [1.165, 1.54) is 0 Å². The molecular formula is C17H24N2O4. The first kappa shape index (κ1) is 17.3. The van der Waals surface area contributed by atoms with Crippen LogP contribution in [0.3, 0.4) is 0 Å². The minimum absolute atomic E-state index is 0.209. The average molecular weight is 320 g/mol. The number of benzene rings is 1. The van der Waals surface area contributed by atoms with Crippen molar-refractivity contribution in [3.8, 4) is 5.75 Å². The van der Waals surface area contributed by atoms with Gasteiger partial charge < -0.3 is 20.5 Å². The monoisotopic (exact) mass is 320 g/mol. The van der Waals surface area contributed by atoms with Crippen molar-refractivity contribution in [1.29, 1.82) is 0 Å². The average Bonchev–Trinajstić information content (AvgIpc) is 3.02. The van der Waals surface area contributed by atoms with Gasteiger partial charge in [-0.05, 0) is 49.4 Å². The van der Waals surface area contributed by atoms with Crippen LogP contribution in [0.2, 0.25) is 0 Å². The Morgan fingerprint density at radius 3 is 2.70 bits per heavy atom. The number of ether oxygens (including phenoxy) is 2. The number of hydrogen-bond donors (Lipinski definition) is 2. The van der Waals surface area contributed by atoms with Gasteiger partial charge in [-0.15, -0.1) is 0 Å². The molecule has 0 bridgehead atoms. The highest BCUT2D eigenvalue weighted by Crippen LogP contribution is 2.20. The molecule has 2 amide bonds. The van der Waals surface area contributed by atoms with Crippen molar-refractivity contribution in [3.63, 3.8) is 0 Å². The van der Waals surface area contributed by atoms with Gasteiger partial charge in [0.05, 0.1) is 6.61 Å². The lowest BCUT2D eigenvalue weighted by Crippen LogP contribution is -2.36. The second-order valence-electron chi connectivity index (χ2n) is 5.75. The van der Waals surface area contributed by atoms with Crippen molar-refractivity contribution in [1.82, 2.24) is 5.32 Å². The molecule has 0 radical (unpaired) electrons. The topological polar surface area (TPSA) is 90.6 Å². The van der Waals surface area contributed by atoms with Crippen molar-refractivity contribution in [2.24, 2.45) is 5.73 Å². The molecule has 2 atom stereocenters. The molecule has 3 N–H and O–H groups in total. The van der Waals surface area contributed by atoms with E-state index >= 15 is 0 Å². The van der Waals surface area contributed by atoms with Crippen LogP contribution in [0.5, 0.6) is 5.75 Å². The lowest BCUT2D eigenvalue weighted by atomic mass is 10.1. The fourth-order valence-corrected chi connectivity index (χ4v) is 2.51. The number of nitrogens with one attached hydrogen (secondary N) is 1. The number of rotatable bonds is 7. The van der Waals surface area contributed by atoms with E-state index in [0.717, 1.165) is 23.3 Å². The summed E-state index contributed by atoms with van der Waals surface area (Å²) in [6.45, 7) is 5.15. The van der Waals surface area contributed by atoms with Crippen LogP contribution >= 0.6 is 0 Å². The van der Waals surface area contributed by atoms with Crippen molar-refractivity contribution < 1.29 is 19.1 Å². The third-order valence-electron chi connectivity index (χ3n) is 3.87. The highest BCUT2D eigenvalue weighted by molar-refractivity contribution is 5.84. The van der Waals surface area contributed by atoms with E-state index in [0.29, 0.717) is 26.0 Å². The fraction of sp³-hybridized carbons (Fsp3) is 0.529. The molecule has 1 aliphatic rings. The summed E-state index contributed by atoms with van der Waals surface area (Å²) in [7, 11) is 0. The molecular weight excluding hydrogens is 296 g/mol. The normalized spacial score (nSPS) is 20.3. The Balaban J connectivity index is 1.86. The van der Waals surface area contributed by atoms with E-state index in [9.17, 15) is 9.59 Å². The van der Waals surface area contributed by atoms with Crippen LogP contribution in [-0.2, 0) is 20.9 Å². The summed E-state index contributed by atoms with van der Waals surface area (Å²) in [5.41, 5.74) is 7.26. The maximum Gasteiger partial charge on any atom is 0.249 e. The molecule has 1 saturated heterocycles. The fourth-order valence-electron chi connectivity index (χ4n) is 2.51. The number of carbonyl (C=O) groups is 2. The van der Waals surface area contributed by atoms with Gasteiger partial charge in [0.1, 0.15) is 18.0 Å². The Kier molecular flexibility index (Phi) is 5.98. The first-order valence-electron chi connectivity index (χ1n) is 7.96. The molecule has 0 unspecified atom stereocenters. The summed E-state index contributed by atoms with van der Waals surface area (Å²) in [5.74, 6) is 0.112. The molecule has 1 fully saturated rings. The van der Waals surface area contributed by atoms with Crippen molar-refractivity contribution >= 4 is 11.8 Å². The second-order valence-corrected chi connectivity index (χ2v) is 5.75. The zero-order valence-electron chi connectivity index (χ0n) is 13.6. The summed E-state index contributed by atoms with van der Waals surface area (Å²) in [6.07, 6.45) is 0.727. The Labute approximate surface area is 136 Å². The van der Waals surface area contributed by atoms with Crippen LogP contribution in [0.4, 0.5) is 0 Å². The predicted octanol–water partition coefficient (Wildman–Crippen LogP) is 1.43. The van der Waals surface area contributed by atoms with E-state index in [2.05, 4.69) is 12.2 Å². The van der Waals surface area contributed by atoms with Gasteiger partial charge in [0.15, 0.2) is 0 Å². The summed E-state index contributed by atoms with van der Waals surface area (Å²) >= 11 is 0. The number of hydrogen-bond acceptors (Lipinski definition) is 4. The minimum Gasteiger partial charge on any atom is -0.494 e. The molecule has 0 aromatic heterocycles. The van der Waals surface area contributed by atoms with Crippen LogP contribution in [-0.4, -0.2) is 30.6 Å². The van der Waals surface area contributed by atoms with Gasteiger partial charge in [0, 0.05) is 6.54 Å². The molecule has 1 aromatic rings. The Hall–Kier alpha value is -2.08. The second kappa shape index (κ2) is 7.97. The molecule has 0 aliphatic carbocycles. The lowest BCUT2D eigenvalue weighted by molar-refractivity contribution is -0.137. The molecule has 1 aliphatic heterocycles. The number of aryl methyl sites for hydroxylation is 1. The number of carbonyl (C=O) groups excluding carboxylic acids is 2. The number of nitrogens with two attached hydrogens (primary N) is 1. The third-order valence-corrected chi connectivity index (χ3v) is 3.87. The summed E-state index contributed by atoms with van der Waals surface area (Å²) in [6, 6.07) is 5.81. The molecule has 126 valence electrons. The standard InChI is InChI=1S/C17H24N2O4/c1-3-8-22-13-5-4-12(11(2)9-13)10-19-17(21)15-7-6-14(23-15)16(18)20/h4-5,9,14-15H,3,6-8,10H2,1-2H3,(H2,18,20)(H,19,21)/t14-,15+/m1/s1. The first-order valence-corrected chi connectivity index (χ1v) is 7.96. The smallest absolute Gasteiger partial charge is 0.249 e. The number of primary amides is 1. The van der Waals surface area contributed by atoms with Crippen LogP contribution in [0, 0.1) is 6.92 Å². The Morgan fingerprint density at radius 2 is 2.09 bits per heavy atom. The summed E-state index contributed by atoms with van der Waals surface area (Å²) in [4.78, 5) is 23.1. The summed E-state index contributed by atoms with van der Waals surface area (Å²) in [5, 5.41) is 2.85. The van der Waals surface area contributed by atoms with Gasteiger partial charge in [0.2, 0.25) is 11.8 Å². The van der Waals surface area contributed by atoms with E-state index < -0.39 is 18.1 Å². The van der Waals surface area contributed by atoms with Crippen LogP contribution in [0.15, 0.2) is 18.2 Å². The molecule has 0 spiro atoms. The predicted molar refractivity (Wildman–Crippen MR) is 85.9 cm³/mol. The van der Waals surface area contributed by atoms with Gasteiger partial charge in [-0.2, -0.15) is 0 Å². The maximum absolute atomic E-state index is 12.1. The molecule has 23 heavy (non-hydrogen) atoms. The van der Waals surface area contributed by atoms with Crippen LogP contribution in [0.25, 0.3) is 0 Å². The van der Waals surface area contributed by atoms with Crippen molar-refractivity contribution in [2.75, 3.05) is 6.61 Å². The molecule has 1 heterocycles. The molecule has 6 nitrogen and oxygen atoms in total. The Bertz CT molecular complexity index is 574. The lowest BCUT2D eigenvalue weighted by Gasteiger charge is -2.14. The van der Waals surface area contributed by atoms with Crippen LogP contribution in [0.1, 0.15) is 37.3 Å². The SMILES string of the molecule is CCCOc1ccc(CNC(=O)[C@@H]2CC[C@H](C(N)=O)O2)c(C)c1. The molecule has 0 saturated carbocycles. The van der Waals surface area contributed by atoms with Crippen molar-refractivity contribution in [2.45, 2.75) is 51.9 Å².